The van der Waals surface area contributed by atoms with Crippen LogP contribution in [0.1, 0.15) is 38.7 Å². The fourth-order valence-corrected chi connectivity index (χ4v) is 2.89. The molecule has 1 aromatic rings. The zero-order chi connectivity index (χ0) is 16.8. The molecule has 2 atom stereocenters. The first-order valence-electron chi connectivity index (χ1n) is 8.06. The zero-order valence-electron chi connectivity index (χ0n) is 13.6. The van der Waals surface area contributed by atoms with Crippen molar-refractivity contribution >= 4 is 23.5 Å². The third-order valence-electron chi connectivity index (χ3n) is 4.17. The first kappa shape index (κ1) is 17.6. The summed E-state index contributed by atoms with van der Waals surface area (Å²) in [5.41, 5.74) is 0.952. The van der Waals surface area contributed by atoms with Crippen LogP contribution in [-0.2, 0) is 11.3 Å². The molecule has 3 amide bonds. The fraction of sp³-hybridized carbons (Fsp3) is 0.529. The van der Waals surface area contributed by atoms with Crippen LogP contribution in [0.25, 0.3) is 0 Å². The van der Waals surface area contributed by atoms with Gasteiger partial charge in [0.2, 0.25) is 5.91 Å². The number of halogens is 1. The lowest BCUT2D eigenvalue weighted by Gasteiger charge is -2.35. The van der Waals surface area contributed by atoms with Crippen molar-refractivity contribution in [1.29, 1.82) is 0 Å². The minimum atomic E-state index is -0.527. The van der Waals surface area contributed by atoms with Gasteiger partial charge in [-0.1, -0.05) is 23.7 Å². The summed E-state index contributed by atoms with van der Waals surface area (Å²) in [6, 6.07) is 6.64. The summed E-state index contributed by atoms with van der Waals surface area (Å²) in [5, 5.41) is 6.13. The summed E-state index contributed by atoms with van der Waals surface area (Å²) >= 11 is 5.82. The van der Waals surface area contributed by atoms with Crippen molar-refractivity contribution < 1.29 is 9.59 Å². The maximum Gasteiger partial charge on any atom is 0.315 e. The lowest BCUT2D eigenvalue weighted by Crippen LogP contribution is -2.53. The Balaban J connectivity index is 1.79. The first-order chi connectivity index (χ1) is 11.0. The van der Waals surface area contributed by atoms with E-state index in [0.717, 1.165) is 31.4 Å². The molecule has 2 unspecified atom stereocenters. The summed E-state index contributed by atoms with van der Waals surface area (Å²) in [7, 11) is 0. The quantitative estimate of drug-likeness (QED) is 0.887. The predicted octanol–water partition coefficient (Wildman–Crippen LogP) is 2.93. The maximum atomic E-state index is 12.4. The summed E-state index contributed by atoms with van der Waals surface area (Å²) in [4.78, 5) is 26.2. The molecule has 0 radical (unpaired) electrons. The Bertz CT molecular complexity index is 547. The van der Waals surface area contributed by atoms with E-state index in [2.05, 4.69) is 17.6 Å². The van der Waals surface area contributed by atoms with Gasteiger partial charge in [-0.3, -0.25) is 4.79 Å². The largest absolute Gasteiger partial charge is 0.338 e. The molecule has 1 aliphatic heterocycles. The van der Waals surface area contributed by atoms with Gasteiger partial charge < -0.3 is 15.5 Å². The number of likely N-dealkylation sites (tertiary alicyclic amines) is 1. The van der Waals surface area contributed by atoms with E-state index in [4.69, 9.17) is 11.6 Å². The zero-order valence-corrected chi connectivity index (χ0v) is 14.4. The maximum absolute atomic E-state index is 12.4. The van der Waals surface area contributed by atoms with Crippen LogP contribution in [0.4, 0.5) is 4.79 Å². The number of amides is 3. The molecule has 1 heterocycles. The van der Waals surface area contributed by atoms with Gasteiger partial charge in [0.15, 0.2) is 0 Å². The Morgan fingerprint density at radius 3 is 2.65 bits per heavy atom. The average Bonchev–Trinajstić information content (AvgIpc) is 2.54. The average molecular weight is 338 g/mol. The van der Waals surface area contributed by atoms with E-state index in [0.29, 0.717) is 11.6 Å². The second-order valence-electron chi connectivity index (χ2n) is 6.05. The number of nitrogens with zero attached hydrogens (tertiary/aromatic N) is 1. The van der Waals surface area contributed by atoms with Crippen LogP contribution >= 0.6 is 11.6 Å². The lowest BCUT2D eigenvalue weighted by atomic mass is 10.0. The molecule has 126 valence electrons. The van der Waals surface area contributed by atoms with Crippen LogP contribution in [0.2, 0.25) is 5.02 Å². The molecule has 0 saturated carbocycles. The molecule has 0 bridgehead atoms. The number of carbonyl (C=O) groups excluding carboxylic acids is 2. The minimum Gasteiger partial charge on any atom is -0.338 e. The van der Waals surface area contributed by atoms with Gasteiger partial charge in [0, 0.05) is 24.2 Å². The van der Waals surface area contributed by atoms with Gasteiger partial charge in [0.05, 0.1) is 0 Å². The molecule has 1 aliphatic rings. The Hall–Kier alpha value is -1.75. The van der Waals surface area contributed by atoms with Crippen LogP contribution in [0, 0.1) is 0 Å². The highest BCUT2D eigenvalue weighted by Gasteiger charge is 2.27. The van der Waals surface area contributed by atoms with Crippen molar-refractivity contribution in [2.24, 2.45) is 0 Å². The Morgan fingerprint density at radius 1 is 1.30 bits per heavy atom. The molecule has 0 aromatic heterocycles. The van der Waals surface area contributed by atoms with Gasteiger partial charge in [-0.25, -0.2) is 4.79 Å². The molecule has 1 saturated heterocycles. The van der Waals surface area contributed by atoms with Gasteiger partial charge in [-0.15, -0.1) is 0 Å². The number of urea groups is 1. The smallest absolute Gasteiger partial charge is 0.315 e. The third kappa shape index (κ3) is 5.13. The Labute approximate surface area is 142 Å². The Kier molecular flexibility index (Phi) is 6.28. The fourth-order valence-electron chi connectivity index (χ4n) is 2.77. The van der Waals surface area contributed by atoms with Crippen molar-refractivity contribution in [1.82, 2.24) is 15.5 Å². The Morgan fingerprint density at radius 2 is 2.00 bits per heavy atom. The summed E-state index contributed by atoms with van der Waals surface area (Å²) in [6.07, 6.45) is 3.22. The van der Waals surface area contributed by atoms with Gasteiger partial charge in [0.25, 0.3) is 0 Å². The number of rotatable bonds is 4. The van der Waals surface area contributed by atoms with E-state index in [9.17, 15) is 9.59 Å². The molecular formula is C17H24ClN3O2. The highest BCUT2D eigenvalue weighted by atomic mass is 35.5. The number of hydrogen-bond acceptors (Lipinski definition) is 2. The molecule has 6 heteroatoms. The van der Waals surface area contributed by atoms with Crippen LogP contribution in [0.15, 0.2) is 24.3 Å². The minimum absolute atomic E-state index is 0.0150. The predicted molar refractivity (Wildman–Crippen MR) is 91.3 cm³/mol. The number of nitrogens with one attached hydrogen (secondary N) is 2. The molecule has 2 N–H and O–H groups in total. The summed E-state index contributed by atoms with van der Waals surface area (Å²) in [5.74, 6) is -0.0150. The number of carbonyl (C=O) groups is 2. The summed E-state index contributed by atoms with van der Waals surface area (Å²) < 4.78 is 0. The number of piperidine rings is 1. The molecule has 1 aromatic carbocycles. The normalized spacial score (nSPS) is 19.1. The number of hydrogen-bond donors (Lipinski definition) is 2. The van der Waals surface area contributed by atoms with Crippen LogP contribution in [0.5, 0.6) is 0 Å². The van der Waals surface area contributed by atoms with E-state index in [1.807, 2.05) is 17.0 Å². The van der Waals surface area contributed by atoms with Crippen molar-refractivity contribution in [2.75, 3.05) is 6.54 Å². The highest BCUT2D eigenvalue weighted by Crippen LogP contribution is 2.17. The lowest BCUT2D eigenvalue weighted by molar-refractivity contribution is -0.136. The van der Waals surface area contributed by atoms with E-state index in [1.165, 1.54) is 0 Å². The molecule has 5 nitrogen and oxygen atoms in total. The topological polar surface area (TPSA) is 61.4 Å². The monoisotopic (exact) mass is 337 g/mol. The first-order valence-corrected chi connectivity index (χ1v) is 8.44. The molecule has 23 heavy (non-hydrogen) atoms. The van der Waals surface area contributed by atoms with Crippen molar-refractivity contribution in [3.63, 3.8) is 0 Å². The number of benzene rings is 1. The van der Waals surface area contributed by atoms with E-state index in [-0.39, 0.29) is 18.0 Å². The molecule has 0 spiro atoms. The van der Waals surface area contributed by atoms with Crippen molar-refractivity contribution in [3.8, 4) is 0 Å². The van der Waals surface area contributed by atoms with E-state index < -0.39 is 6.04 Å². The molecule has 1 fully saturated rings. The van der Waals surface area contributed by atoms with Gasteiger partial charge in [0.1, 0.15) is 6.04 Å². The molecule has 2 rings (SSSR count). The molecule has 0 aliphatic carbocycles. The standard InChI is InChI=1S/C17H24ClN3O2/c1-12-5-3-4-10-21(12)16(22)13(2)20-17(23)19-11-14-6-8-15(18)9-7-14/h6-9,12-13H,3-5,10-11H2,1-2H3,(H2,19,20,23). The SMILES string of the molecule is CC(NC(=O)NCc1ccc(Cl)cc1)C(=O)N1CCCCC1C. The second kappa shape index (κ2) is 8.20. The van der Waals surface area contributed by atoms with Crippen LogP contribution in [0.3, 0.4) is 0 Å². The highest BCUT2D eigenvalue weighted by molar-refractivity contribution is 6.30. The summed E-state index contributed by atoms with van der Waals surface area (Å²) in [6.45, 7) is 4.96. The van der Waals surface area contributed by atoms with Gasteiger partial charge in [-0.05, 0) is 50.8 Å². The van der Waals surface area contributed by atoms with E-state index >= 15 is 0 Å². The second-order valence-corrected chi connectivity index (χ2v) is 6.49. The van der Waals surface area contributed by atoms with Crippen LogP contribution in [-0.4, -0.2) is 35.5 Å². The van der Waals surface area contributed by atoms with Crippen LogP contribution < -0.4 is 10.6 Å². The van der Waals surface area contributed by atoms with Gasteiger partial charge >= 0.3 is 6.03 Å². The molecular weight excluding hydrogens is 314 g/mol. The van der Waals surface area contributed by atoms with Crippen molar-refractivity contribution in [3.05, 3.63) is 34.9 Å². The van der Waals surface area contributed by atoms with Crippen molar-refractivity contribution in [2.45, 2.75) is 51.7 Å². The van der Waals surface area contributed by atoms with E-state index in [1.54, 1.807) is 19.1 Å². The van der Waals surface area contributed by atoms with Gasteiger partial charge in [-0.2, -0.15) is 0 Å². The third-order valence-corrected chi connectivity index (χ3v) is 4.42.